The molecule has 0 spiro atoms. The van der Waals surface area contributed by atoms with Gasteiger partial charge < -0.3 is 10.5 Å². The van der Waals surface area contributed by atoms with E-state index in [1.165, 1.54) is 7.11 Å². The van der Waals surface area contributed by atoms with Gasteiger partial charge in [0.05, 0.1) is 19.0 Å². The van der Waals surface area contributed by atoms with Crippen molar-refractivity contribution in [2.45, 2.75) is 11.8 Å². The second-order valence-electron chi connectivity index (χ2n) is 3.10. The zero-order valence-corrected chi connectivity index (χ0v) is 10.1. The van der Waals surface area contributed by atoms with Gasteiger partial charge in [-0.3, -0.25) is 4.98 Å². The molecule has 0 saturated carbocycles. The van der Waals surface area contributed by atoms with Crippen LogP contribution < -0.4 is 5.73 Å². The monoisotopic (exact) mass is 238 g/mol. The normalized spacial score (nSPS) is 11.2. The minimum absolute atomic E-state index is 0.302. The van der Waals surface area contributed by atoms with E-state index in [1.54, 1.807) is 31.1 Å². The number of nitrogens with zero attached hydrogens (tertiary/aromatic N) is 1. The number of anilines is 1. The smallest absolute Gasteiger partial charge is 0.333 e. The lowest BCUT2D eigenvalue weighted by Crippen LogP contribution is -2.01. The molecule has 0 fully saturated rings. The molecule has 0 aromatic carbocycles. The Labute approximate surface area is 98.9 Å². The Bertz CT molecular complexity index is 405. The van der Waals surface area contributed by atoms with Gasteiger partial charge in [-0.2, -0.15) is 0 Å². The summed E-state index contributed by atoms with van der Waals surface area (Å²) >= 11 is 1.55. The van der Waals surface area contributed by atoms with Crippen LogP contribution in [0.2, 0.25) is 0 Å². The summed E-state index contributed by atoms with van der Waals surface area (Å²) in [4.78, 5) is 16.0. The Kier molecular flexibility index (Phi) is 4.85. The topological polar surface area (TPSA) is 65.2 Å². The summed E-state index contributed by atoms with van der Waals surface area (Å²) in [5.74, 6) is 0.373. The molecule has 0 radical (unpaired) electrons. The molecule has 0 aliphatic rings. The van der Waals surface area contributed by atoms with E-state index in [2.05, 4.69) is 9.72 Å². The van der Waals surface area contributed by atoms with Crippen LogP contribution in [0.25, 0.3) is 0 Å². The largest absolute Gasteiger partial charge is 0.466 e. The van der Waals surface area contributed by atoms with Crippen molar-refractivity contribution in [2.75, 3.05) is 18.6 Å². The maximum absolute atomic E-state index is 11.1. The molecule has 2 N–H and O–H groups in total. The Morgan fingerprint density at radius 2 is 2.44 bits per heavy atom. The van der Waals surface area contributed by atoms with Gasteiger partial charge in [0.2, 0.25) is 0 Å². The number of hydrogen-bond acceptors (Lipinski definition) is 5. The molecule has 0 amide bonds. The fourth-order valence-corrected chi connectivity index (χ4v) is 1.92. The number of carbonyl (C=O) groups is 1. The van der Waals surface area contributed by atoms with Crippen molar-refractivity contribution in [1.82, 2.24) is 4.98 Å². The van der Waals surface area contributed by atoms with Crippen molar-refractivity contribution in [3.05, 3.63) is 30.1 Å². The summed E-state index contributed by atoms with van der Waals surface area (Å²) < 4.78 is 4.59. The lowest BCUT2D eigenvalue weighted by atomic mass is 10.3. The second-order valence-corrected chi connectivity index (χ2v) is 4.17. The van der Waals surface area contributed by atoms with Gasteiger partial charge in [0.1, 0.15) is 0 Å². The average Bonchev–Trinajstić information content (AvgIpc) is 2.30. The molecule has 5 heteroatoms. The molecule has 0 saturated heterocycles. The van der Waals surface area contributed by atoms with Gasteiger partial charge >= 0.3 is 5.97 Å². The summed E-state index contributed by atoms with van der Waals surface area (Å²) in [5, 5.41) is 0. The second kappa shape index (κ2) is 6.17. The van der Waals surface area contributed by atoms with E-state index in [9.17, 15) is 4.79 Å². The van der Waals surface area contributed by atoms with Crippen molar-refractivity contribution < 1.29 is 9.53 Å². The summed E-state index contributed by atoms with van der Waals surface area (Å²) in [6.45, 7) is 1.72. The van der Waals surface area contributed by atoms with E-state index in [0.29, 0.717) is 17.0 Å². The third-order valence-electron chi connectivity index (χ3n) is 1.95. The molecule has 1 aromatic rings. The minimum Gasteiger partial charge on any atom is -0.466 e. The number of carbonyl (C=O) groups excluding carboxylic acids is 1. The summed E-state index contributed by atoms with van der Waals surface area (Å²) in [6, 6.07) is 1.85. The van der Waals surface area contributed by atoms with Crippen molar-refractivity contribution in [3.8, 4) is 0 Å². The first-order valence-electron chi connectivity index (χ1n) is 4.72. The van der Waals surface area contributed by atoms with E-state index in [4.69, 9.17) is 5.73 Å². The molecule has 0 atom stereocenters. The average molecular weight is 238 g/mol. The molecule has 0 aliphatic heterocycles. The third kappa shape index (κ3) is 3.58. The molecule has 1 heterocycles. The number of hydrogen-bond donors (Lipinski definition) is 1. The predicted molar refractivity (Wildman–Crippen MR) is 65.1 cm³/mol. The Hall–Kier alpha value is -1.49. The van der Waals surface area contributed by atoms with E-state index in [0.717, 1.165) is 4.90 Å². The molecule has 1 aromatic heterocycles. The maximum Gasteiger partial charge on any atom is 0.333 e. The number of thioether (sulfide) groups is 1. The number of methoxy groups -OCH3 is 1. The molecule has 0 unspecified atom stereocenters. The zero-order chi connectivity index (χ0) is 12.0. The number of ether oxygens (including phenoxy) is 1. The molecular weight excluding hydrogens is 224 g/mol. The van der Waals surface area contributed by atoms with E-state index in [1.807, 2.05) is 12.1 Å². The molecule has 86 valence electrons. The van der Waals surface area contributed by atoms with Crippen molar-refractivity contribution in [2.24, 2.45) is 0 Å². The van der Waals surface area contributed by atoms with Crippen LogP contribution >= 0.6 is 11.8 Å². The van der Waals surface area contributed by atoms with Crippen LogP contribution in [-0.2, 0) is 9.53 Å². The summed E-state index contributed by atoms with van der Waals surface area (Å²) in [7, 11) is 1.37. The van der Waals surface area contributed by atoms with E-state index < -0.39 is 0 Å². The van der Waals surface area contributed by atoms with Gasteiger partial charge in [-0.15, -0.1) is 11.8 Å². The first kappa shape index (κ1) is 12.6. The first-order chi connectivity index (χ1) is 7.65. The molecular formula is C11H14N2O2S. The highest BCUT2D eigenvalue weighted by Crippen LogP contribution is 2.23. The Morgan fingerprint density at radius 3 is 3.06 bits per heavy atom. The van der Waals surface area contributed by atoms with Gasteiger partial charge in [-0.1, -0.05) is 6.08 Å². The fraction of sp³-hybridized carbons (Fsp3) is 0.273. The lowest BCUT2D eigenvalue weighted by Gasteiger charge is -2.02. The molecule has 4 nitrogen and oxygen atoms in total. The number of pyridine rings is 1. The van der Waals surface area contributed by atoms with Gasteiger partial charge in [0, 0.05) is 22.4 Å². The standard InChI is InChI=1S/C11H14N2O2S/c1-8(11(14)15-2)4-6-16-10-3-5-13-7-9(10)12/h3-5,7H,6,12H2,1-2H3. The third-order valence-corrected chi connectivity index (χ3v) is 2.96. The molecule has 0 aliphatic carbocycles. The lowest BCUT2D eigenvalue weighted by molar-refractivity contribution is -0.136. The van der Waals surface area contributed by atoms with Gasteiger partial charge in [-0.25, -0.2) is 4.79 Å². The van der Waals surface area contributed by atoms with E-state index >= 15 is 0 Å². The quantitative estimate of drug-likeness (QED) is 0.493. The van der Waals surface area contributed by atoms with Gasteiger partial charge in [-0.05, 0) is 13.0 Å². The van der Waals surface area contributed by atoms with E-state index in [-0.39, 0.29) is 5.97 Å². The minimum atomic E-state index is -0.302. The molecule has 1 rings (SSSR count). The van der Waals surface area contributed by atoms with Crippen LogP contribution in [0, 0.1) is 0 Å². The first-order valence-corrected chi connectivity index (χ1v) is 5.71. The fourth-order valence-electron chi connectivity index (χ4n) is 1.03. The van der Waals surface area contributed by atoms with Crippen molar-refractivity contribution >= 4 is 23.4 Å². The van der Waals surface area contributed by atoms with Gasteiger partial charge in [0.25, 0.3) is 0 Å². The summed E-state index contributed by atoms with van der Waals surface area (Å²) in [6.07, 6.45) is 5.12. The molecule has 16 heavy (non-hydrogen) atoms. The Morgan fingerprint density at radius 1 is 1.69 bits per heavy atom. The van der Waals surface area contributed by atoms with Crippen LogP contribution in [0.15, 0.2) is 35.0 Å². The van der Waals surface area contributed by atoms with Crippen molar-refractivity contribution in [3.63, 3.8) is 0 Å². The zero-order valence-electron chi connectivity index (χ0n) is 9.27. The number of nitrogen functional groups attached to an aromatic ring is 1. The highest BCUT2D eigenvalue weighted by Gasteiger charge is 2.02. The number of rotatable bonds is 4. The van der Waals surface area contributed by atoms with Gasteiger partial charge in [0.15, 0.2) is 0 Å². The van der Waals surface area contributed by atoms with Crippen molar-refractivity contribution in [1.29, 1.82) is 0 Å². The highest BCUT2D eigenvalue weighted by atomic mass is 32.2. The van der Waals surface area contributed by atoms with Crippen LogP contribution in [0.5, 0.6) is 0 Å². The predicted octanol–water partition coefficient (Wildman–Crippen LogP) is 1.88. The highest BCUT2D eigenvalue weighted by molar-refractivity contribution is 7.99. The Balaban J connectivity index is 2.53. The van der Waals surface area contributed by atoms with Crippen LogP contribution in [0.1, 0.15) is 6.92 Å². The number of nitrogens with two attached hydrogens (primary N) is 1. The number of aromatic nitrogens is 1. The maximum atomic E-state index is 11.1. The molecule has 0 bridgehead atoms. The van der Waals surface area contributed by atoms with Crippen LogP contribution in [0.4, 0.5) is 5.69 Å². The summed E-state index contributed by atoms with van der Waals surface area (Å²) in [5.41, 5.74) is 6.98. The SMILES string of the molecule is COC(=O)C(C)=CCSc1ccncc1N. The number of esters is 1. The van der Waals surface area contributed by atoms with Crippen LogP contribution in [0.3, 0.4) is 0 Å². The van der Waals surface area contributed by atoms with Crippen LogP contribution in [-0.4, -0.2) is 23.8 Å².